The minimum absolute atomic E-state index is 0.0824. The molecule has 1 aliphatic carbocycles. The van der Waals surface area contributed by atoms with Gasteiger partial charge in [-0.2, -0.15) is 0 Å². The lowest BCUT2D eigenvalue weighted by molar-refractivity contribution is -0.120. The van der Waals surface area contributed by atoms with E-state index < -0.39 is 0 Å². The van der Waals surface area contributed by atoms with E-state index in [2.05, 4.69) is 39.5 Å². The summed E-state index contributed by atoms with van der Waals surface area (Å²) in [4.78, 5) is 24.7. The van der Waals surface area contributed by atoms with Gasteiger partial charge >= 0.3 is 0 Å². The number of ether oxygens (including phenoxy) is 1. The number of anilines is 2. The minimum Gasteiger partial charge on any atom is -0.452 e. The van der Waals surface area contributed by atoms with Crippen molar-refractivity contribution in [2.45, 2.75) is 32.1 Å². The molecule has 3 aromatic heterocycles. The molecule has 0 radical (unpaired) electrons. The number of benzene rings is 2. The molecule has 1 saturated heterocycles. The Balaban J connectivity index is 1.32. The molecule has 2 aliphatic rings. The molecule has 1 amide bonds. The summed E-state index contributed by atoms with van der Waals surface area (Å²) >= 11 is 0. The van der Waals surface area contributed by atoms with Crippen molar-refractivity contribution in [3.8, 4) is 11.1 Å². The van der Waals surface area contributed by atoms with Crippen LogP contribution in [0.5, 0.6) is 0 Å². The van der Waals surface area contributed by atoms with E-state index >= 15 is 0 Å². The molecule has 4 heterocycles. The van der Waals surface area contributed by atoms with Crippen LogP contribution in [0, 0.1) is 5.92 Å². The predicted molar refractivity (Wildman–Crippen MR) is 150 cm³/mol. The zero-order valence-corrected chi connectivity index (χ0v) is 21.3. The van der Waals surface area contributed by atoms with E-state index in [-0.39, 0.29) is 11.8 Å². The zero-order valence-electron chi connectivity index (χ0n) is 21.3. The summed E-state index contributed by atoms with van der Waals surface area (Å²) < 4.78 is 12.1. The first-order valence-corrected chi connectivity index (χ1v) is 13.6. The van der Waals surface area contributed by atoms with E-state index in [4.69, 9.17) is 14.1 Å². The fourth-order valence-electron chi connectivity index (χ4n) is 5.92. The number of morpholine rings is 1. The van der Waals surface area contributed by atoms with Crippen molar-refractivity contribution < 1.29 is 13.9 Å². The van der Waals surface area contributed by atoms with Gasteiger partial charge in [0, 0.05) is 36.0 Å². The molecule has 0 unspecified atom stereocenters. The Morgan fingerprint density at radius 2 is 1.74 bits per heavy atom. The van der Waals surface area contributed by atoms with Gasteiger partial charge in [0.15, 0.2) is 5.58 Å². The van der Waals surface area contributed by atoms with Gasteiger partial charge in [-0.05, 0) is 60.4 Å². The van der Waals surface area contributed by atoms with E-state index in [0.29, 0.717) is 19.0 Å². The van der Waals surface area contributed by atoms with Crippen molar-refractivity contribution in [3.05, 3.63) is 60.8 Å². The van der Waals surface area contributed by atoms with Gasteiger partial charge in [-0.15, -0.1) is 0 Å². The molecule has 192 valence electrons. The standard InChI is InChI=1S/C31H30N4O3/c36-31(20-6-2-1-3-7-20)34-27-19-22(12-13-32-27)21-10-11-25-24(18-21)29(35-14-16-37-17-15-35)30-28(33-25)23-8-4-5-9-26(23)38-30/h4-5,8-13,18-20H,1-3,6-7,14-17H2,(H,32,34,36). The summed E-state index contributed by atoms with van der Waals surface area (Å²) in [7, 11) is 0. The maximum Gasteiger partial charge on any atom is 0.228 e. The van der Waals surface area contributed by atoms with Crippen molar-refractivity contribution in [2.75, 3.05) is 36.5 Å². The van der Waals surface area contributed by atoms with Gasteiger partial charge in [-0.3, -0.25) is 4.79 Å². The van der Waals surface area contributed by atoms with Crippen molar-refractivity contribution >= 4 is 50.4 Å². The Morgan fingerprint density at radius 1 is 0.921 bits per heavy atom. The van der Waals surface area contributed by atoms with Crippen molar-refractivity contribution in [2.24, 2.45) is 5.92 Å². The molecule has 7 nitrogen and oxygen atoms in total. The Labute approximate surface area is 220 Å². The molecular weight excluding hydrogens is 476 g/mol. The number of fused-ring (bicyclic) bond motifs is 4. The monoisotopic (exact) mass is 506 g/mol. The van der Waals surface area contributed by atoms with Crippen LogP contribution in [-0.4, -0.2) is 42.2 Å². The molecule has 1 saturated carbocycles. The molecule has 1 N–H and O–H groups in total. The van der Waals surface area contributed by atoms with E-state index in [9.17, 15) is 4.79 Å². The Bertz CT molecular complexity index is 1650. The van der Waals surface area contributed by atoms with Crippen LogP contribution in [0.3, 0.4) is 0 Å². The van der Waals surface area contributed by atoms with E-state index in [1.165, 1.54) is 6.42 Å². The van der Waals surface area contributed by atoms with Crippen LogP contribution in [0.15, 0.2) is 65.2 Å². The fourth-order valence-corrected chi connectivity index (χ4v) is 5.92. The van der Waals surface area contributed by atoms with Gasteiger partial charge in [0.2, 0.25) is 5.91 Å². The topological polar surface area (TPSA) is 80.5 Å². The number of furan rings is 1. The first-order valence-electron chi connectivity index (χ1n) is 13.6. The van der Waals surface area contributed by atoms with Gasteiger partial charge in [-0.25, -0.2) is 9.97 Å². The Morgan fingerprint density at radius 3 is 2.61 bits per heavy atom. The number of para-hydroxylation sites is 1. The number of nitrogens with zero attached hydrogens (tertiary/aromatic N) is 3. The Hall–Kier alpha value is -3.97. The maximum atomic E-state index is 12.8. The number of rotatable bonds is 4. The molecule has 1 aliphatic heterocycles. The van der Waals surface area contributed by atoms with Gasteiger partial charge in [-0.1, -0.05) is 37.5 Å². The van der Waals surface area contributed by atoms with Crippen molar-refractivity contribution in [3.63, 3.8) is 0 Å². The molecule has 7 heteroatoms. The molecule has 2 aromatic carbocycles. The largest absolute Gasteiger partial charge is 0.452 e. The molecule has 2 fully saturated rings. The molecule has 38 heavy (non-hydrogen) atoms. The summed E-state index contributed by atoms with van der Waals surface area (Å²) in [5.41, 5.74) is 6.57. The van der Waals surface area contributed by atoms with Gasteiger partial charge in [0.25, 0.3) is 0 Å². The highest BCUT2D eigenvalue weighted by Crippen LogP contribution is 2.40. The quantitative estimate of drug-likeness (QED) is 0.298. The zero-order chi connectivity index (χ0) is 25.5. The maximum absolute atomic E-state index is 12.8. The van der Waals surface area contributed by atoms with Crippen LogP contribution < -0.4 is 10.2 Å². The first-order chi connectivity index (χ1) is 18.7. The third kappa shape index (κ3) is 4.17. The van der Waals surface area contributed by atoms with Crippen LogP contribution in [0.1, 0.15) is 32.1 Å². The van der Waals surface area contributed by atoms with Crippen LogP contribution in [-0.2, 0) is 9.53 Å². The second-order valence-corrected chi connectivity index (χ2v) is 10.3. The normalized spacial score (nSPS) is 16.9. The van der Waals surface area contributed by atoms with Crippen LogP contribution in [0.4, 0.5) is 11.5 Å². The number of hydrogen-bond acceptors (Lipinski definition) is 6. The fraction of sp³-hybridized carbons (Fsp3) is 0.323. The molecule has 0 atom stereocenters. The summed E-state index contributed by atoms with van der Waals surface area (Å²) in [6.45, 7) is 2.95. The van der Waals surface area contributed by atoms with Crippen molar-refractivity contribution in [1.29, 1.82) is 0 Å². The lowest BCUT2D eigenvalue weighted by atomic mass is 9.89. The van der Waals surface area contributed by atoms with Crippen LogP contribution >= 0.6 is 0 Å². The third-order valence-corrected chi connectivity index (χ3v) is 7.92. The predicted octanol–water partition coefficient (Wildman–Crippen LogP) is 6.55. The third-order valence-electron chi connectivity index (χ3n) is 7.92. The average molecular weight is 507 g/mol. The summed E-state index contributed by atoms with van der Waals surface area (Å²) in [6, 6.07) is 18.4. The molecule has 0 spiro atoms. The van der Waals surface area contributed by atoms with E-state index in [0.717, 1.165) is 88.6 Å². The Kier molecular flexibility index (Phi) is 5.93. The molecule has 5 aromatic rings. The summed E-state index contributed by atoms with van der Waals surface area (Å²) in [5.74, 6) is 0.764. The van der Waals surface area contributed by atoms with E-state index in [1.807, 2.05) is 30.3 Å². The summed E-state index contributed by atoms with van der Waals surface area (Å²) in [5, 5.41) is 5.13. The second kappa shape index (κ2) is 9.72. The average Bonchev–Trinajstić information content (AvgIpc) is 3.34. The van der Waals surface area contributed by atoms with Gasteiger partial charge < -0.3 is 19.4 Å². The number of carbonyl (C=O) groups is 1. The first kappa shape index (κ1) is 23.2. The number of amides is 1. The highest BCUT2D eigenvalue weighted by molar-refractivity contribution is 6.14. The lowest BCUT2D eigenvalue weighted by Crippen LogP contribution is -2.36. The number of hydrogen-bond donors (Lipinski definition) is 1. The minimum atomic E-state index is 0.0824. The number of carbonyl (C=O) groups excluding carboxylic acids is 1. The van der Waals surface area contributed by atoms with E-state index in [1.54, 1.807) is 6.20 Å². The van der Waals surface area contributed by atoms with Gasteiger partial charge in [0.05, 0.1) is 24.4 Å². The van der Waals surface area contributed by atoms with Crippen LogP contribution in [0.25, 0.3) is 44.1 Å². The lowest BCUT2D eigenvalue weighted by Gasteiger charge is -2.29. The highest BCUT2D eigenvalue weighted by atomic mass is 16.5. The molecule has 7 rings (SSSR count). The summed E-state index contributed by atoms with van der Waals surface area (Å²) in [6.07, 6.45) is 7.16. The van der Waals surface area contributed by atoms with Crippen molar-refractivity contribution in [1.82, 2.24) is 9.97 Å². The number of aromatic nitrogens is 2. The highest BCUT2D eigenvalue weighted by Gasteiger charge is 2.24. The number of nitrogens with one attached hydrogen (secondary N) is 1. The SMILES string of the molecule is O=C(Nc1cc(-c2ccc3nc4c(oc5ccccc54)c(N4CCOCC4)c3c2)ccn1)C1CCCCC1. The molecule has 0 bridgehead atoms. The van der Waals surface area contributed by atoms with Gasteiger partial charge in [0.1, 0.15) is 16.9 Å². The smallest absolute Gasteiger partial charge is 0.228 e. The molecular formula is C31H30N4O3. The second-order valence-electron chi connectivity index (χ2n) is 10.3. The van der Waals surface area contributed by atoms with Crippen LogP contribution in [0.2, 0.25) is 0 Å². The number of pyridine rings is 2.